The van der Waals surface area contributed by atoms with Crippen LogP contribution in [0.15, 0.2) is 35.3 Å². The molecular weight excluding hydrogens is 324 g/mol. The number of nitrogens with zero attached hydrogens (tertiary/aromatic N) is 3. The average molecular weight is 359 g/mol. The summed E-state index contributed by atoms with van der Waals surface area (Å²) in [6.45, 7) is 13.1. The Labute approximate surface area is 158 Å². The number of guanidine groups is 1. The number of aliphatic imine (C=N–C) groups is 1. The van der Waals surface area contributed by atoms with E-state index in [1.54, 1.807) is 6.92 Å². The summed E-state index contributed by atoms with van der Waals surface area (Å²) in [5.74, 6) is 1.13. The van der Waals surface area contributed by atoms with Gasteiger partial charge < -0.3 is 15.1 Å². The summed E-state index contributed by atoms with van der Waals surface area (Å²) in [6, 6.07) is 10.8. The van der Waals surface area contributed by atoms with Crippen LogP contribution in [0.2, 0.25) is 0 Å². The summed E-state index contributed by atoms with van der Waals surface area (Å²) in [4.78, 5) is 20.8. The first-order chi connectivity index (χ1) is 12.6. The molecule has 0 unspecified atom stereocenters. The van der Waals surface area contributed by atoms with Gasteiger partial charge in [-0.15, -0.1) is 0 Å². The van der Waals surface area contributed by atoms with Gasteiger partial charge in [0.05, 0.1) is 6.54 Å². The third-order valence-corrected chi connectivity index (χ3v) is 5.63. The highest BCUT2D eigenvalue weighted by Gasteiger charge is 2.29. The molecule has 2 rings (SSSR count). The van der Waals surface area contributed by atoms with E-state index in [9.17, 15) is 4.79 Å². The first-order valence-electron chi connectivity index (χ1n) is 9.90. The number of hydrogen-bond donors (Lipinski definition) is 1. The van der Waals surface area contributed by atoms with E-state index < -0.39 is 0 Å². The minimum absolute atomic E-state index is 0.0726. The highest BCUT2D eigenvalue weighted by atomic mass is 16.2. The van der Waals surface area contributed by atoms with Crippen molar-refractivity contribution in [2.45, 2.75) is 46.0 Å². The van der Waals surface area contributed by atoms with Gasteiger partial charge in [-0.25, -0.2) is 0 Å². The van der Waals surface area contributed by atoms with Gasteiger partial charge in [0.1, 0.15) is 0 Å². The molecule has 5 heteroatoms. The lowest BCUT2D eigenvalue weighted by Gasteiger charge is -2.37. The number of piperazine rings is 1. The van der Waals surface area contributed by atoms with Crippen molar-refractivity contribution in [1.82, 2.24) is 15.1 Å². The molecule has 1 fully saturated rings. The quantitative estimate of drug-likeness (QED) is 0.628. The summed E-state index contributed by atoms with van der Waals surface area (Å²) in [7, 11) is 0. The van der Waals surface area contributed by atoms with Gasteiger partial charge in [0.15, 0.2) is 5.96 Å². The van der Waals surface area contributed by atoms with E-state index in [-0.39, 0.29) is 11.3 Å². The fraction of sp³-hybridized carbons (Fsp3) is 0.619. The maximum absolute atomic E-state index is 11.6. The number of carbonyl (C=O) groups excluding carboxylic acids is 1. The van der Waals surface area contributed by atoms with Crippen LogP contribution in [0.25, 0.3) is 0 Å². The average Bonchev–Trinajstić information content (AvgIpc) is 2.69. The van der Waals surface area contributed by atoms with Crippen molar-refractivity contribution in [3.8, 4) is 0 Å². The van der Waals surface area contributed by atoms with Crippen LogP contribution in [0, 0.1) is 0 Å². The van der Waals surface area contributed by atoms with Gasteiger partial charge in [0, 0.05) is 45.1 Å². The van der Waals surface area contributed by atoms with E-state index in [2.05, 4.69) is 61.3 Å². The molecule has 1 amide bonds. The number of nitrogens with one attached hydrogen (secondary N) is 1. The molecule has 0 aromatic heterocycles. The van der Waals surface area contributed by atoms with Crippen molar-refractivity contribution in [3.63, 3.8) is 0 Å². The second-order valence-corrected chi connectivity index (χ2v) is 7.02. The third kappa shape index (κ3) is 4.77. The molecule has 0 aliphatic carbocycles. The third-order valence-electron chi connectivity index (χ3n) is 5.63. The van der Waals surface area contributed by atoms with Gasteiger partial charge in [0.2, 0.25) is 5.91 Å². The number of carbonyl (C=O) groups is 1. The normalized spacial score (nSPS) is 15.9. The van der Waals surface area contributed by atoms with E-state index in [1.807, 2.05) is 4.90 Å². The molecule has 1 saturated heterocycles. The van der Waals surface area contributed by atoms with E-state index >= 15 is 0 Å². The molecule has 0 saturated carbocycles. The van der Waals surface area contributed by atoms with Gasteiger partial charge in [-0.2, -0.15) is 0 Å². The van der Waals surface area contributed by atoms with Crippen LogP contribution in [-0.4, -0.2) is 60.9 Å². The van der Waals surface area contributed by atoms with Crippen LogP contribution in [0.5, 0.6) is 0 Å². The molecule has 144 valence electrons. The number of rotatable bonds is 6. The van der Waals surface area contributed by atoms with Crippen molar-refractivity contribution < 1.29 is 4.79 Å². The van der Waals surface area contributed by atoms with Crippen molar-refractivity contribution in [1.29, 1.82) is 0 Å². The van der Waals surface area contributed by atoms with E-state index in [0.717, 1.165) is 58.1 Å². The van der Waals surface area contributed by atoms with Crippen LogP contribution in [0.4, 0.5) is 0 Å². The maximum Gasteiger partial charge on any atom is 0.219 e. The van der Waals surface area contributed by atoms with Gasteiger partial charge in [-0.3, -0.25) is 9.79 Å². The molecule has 26 heavy (non-hydrogen) atoms. The van der Waals surface area contributed by atoms with Crippen molar-refractivity contribution in [2.75, 3.05) is 39.3 Å². The Hall–Kier alpha value is -2.04. The molecule has 1 aromatic carbocycles. The minimum atomic E-state index is 0.0726. The number of benzene rings is 1. The molecule has 1 aromatic rings. The summed E-state index contributed by atoms with van der Waals surface area (Å²) >= 11 is 0. The van der Waals surface area contributed by atoms with Crippen molar-refractivity contribution in [3.05, 3.63) is 35.9 Å². The Bertz CT molecular complexity index is 587. The standard InChI is InChI=1S/C21H34N4O/c1-5-21(6-2,19-11-9-8-10-12-19)17-23-20(22-7-3)25-15-13-24(14-16-25)18(4)26/h8-12H,5-7,13-17H2,1-4H3,(H,22,23). The Kier molecular flexibility index (Phi) is 7.49. The molecule has 1 N–H and O–H groups in total. The van der Waals surface area contributed by atoms with Gasteiger partial charge in [-0.05, 0) is 25.3 Å². The predicted molar refractivity (Wildman–Crippen MR) is 109 cm³/mol. The SMILES string of the molecule is CCNC(=NCC(CC)(CC)c1ccccc1)N1CCN(C(C)=O)CC1. The zero-order valence-corrected chi connectivity index (χ0v) is 16.8. The second kappa shape index (κ2) is 9.60. The lowest BCUT2D eigenvalue weighted by molar-refractivity contribution is -0.130. The predicted octanol–water partition coefficient (Wildman–Crippen LogP) is 2.87. The Morgan fingerprint density at radius 1 is 1.04 bits per heavy atom. The maximum atomic E-state index is 11.6. The van der Waals surface area contributed by atoms with E-state index in [4.69, 9.17) is 4.99 Å². The van der Waals surface area contributed by atoms with Crippen LogP contribution in [0.1, 0.15) is 46.1 Å². The van der Waals surface area contributed by atoms with Crippen LogP contribution < -0.4 is 5.32 Å². The van der Waals surface area contributed by atoms with Crippen molar-refractivity contribution >= 4 is 11.9 Å². The zero-order chi connectivity index (χ0) is 19.0. The molecule has 1 aliphatic rings. The fourth-order valence-electron chi connectivity index (χ4n) is 3.65. The number of hydrogen-bond acceptors (Lipinski definition) is 2. The molecule has 0 atom stereocenters. The van der Waals surface area contributed by atoms with Gasteiger partial charge in [0.25, 0.3) is 0 Å². The van der Waals surface area contributed by atoms with E-state index in [1.165, 1.54) is 5.56 Å². The fourth-order valence-corrected chi connectivity index (χ4v) is 3.65. The highest BCUT2D eigenvalue weighted by Crippen LogP contribution is 2.32. The van der Waals surface area contributed by atoms with Gasteiger partial charge >= 0.3 is 0 Å². The highest BCUT2D eigenvalue weighted by molar-refractivity contribution is 5.80. The summed E-state index contributed by atoms with van der Waals surface area (Å²) in [5, 5.41) is 3.44. The Morgan fingerprint density at radius 3 is 2.12 bits per heavy atom. The topological polar surface area (TPSA) is 47.9 Å². The van der Waals surface area contributed by atoms with Crippen LogP contribution >= 0.6 is 0 Å². The Balaban J connectivity index is 2.15. The summed E-state index contributed by atoms with van der Waals surface area (Å²) in [6.07, 6.45) is 2.13. The molecule has 1 heterocycles. The van der Waals surface area contributed by atoms with Crippen LogP contribution in [-0.2, 0) is 10.2 Å². The zero-order valence-electron chi connectivity index (χ0n) is 16.8. The monoisotopic (exact) mass is 358 g/mol. The van der Waals surface area contributed by atoms with Crippen LogP contribution in [0.3, 0.4) is 0 Å². The van der Waals surface area contributed by atoms with Crippen molar-refractivity contribution in [2.24, 2.45) is 4.99 Å². The smallest absolute Gasteiger partial charge is 0.219 e. The number of amides is 1. The molecule has 5 nitrogen and oxygen atoms in total. The Morgan fingerprint density at radius 2 is 1.62 bits per heavy atom. The lowest BCUT2D eigenvalue weighted by atomic mass is 9.76. The minimum Gasteiger partial charge on any atom is -0.357 e. The lowest BCUT2D eigenvalue weighted by Crippen LogP contribution is -2.53. The van der Waals surface area contributed by atoms with E-state index in [0.29, 0.717) is 0 Å². The first-order valence-corrected chi connectivity index (χ1v) is 9.90. The molecule has 0 bridgehead atoms. The first kappa shape index (κ1) is 20.3. The molecule has 1 aliphatic heterocycles. The summed E-state index contributed by atoms with van der Waals surface area (Å²) < 4.78 is 0. The molecular formula is C21H34N4O. The van der Waals surface area contributed by atoms with Gasteiger partial charge in [-0.1, -0.05) is 44.2 Å². The largest absolute Gasteiger partial charge is 0.357 e. The molecule has 0 radical (unpaired) electrons. The molecule has 0 spiro atoms. The second-order valence-electron chi connectivity index (χ2n) is 7.02. The summed E-state index contributed by atoms with van der Waals surface area (Å²) in [5.41, 5.74) is 1.44.